The zero-order valence-electron chi connectivity index (χ0n) is 13.2. The lowest BCUT2D eigenvalue weighted by Crippen LogP contribution is -2.53. The van der Waals surface area contributed by atoms with E-state index in [-0.39, 0.29) is 11.3 Å². The molecule has 0 aromatic heterocycles. The number of nitrogens with zero attached hydrogens (tertiary/aromatic N) is 1. The molecule has 3 aliphatic rings. The predicted molar refractivity (Wildman–Crippen MR) is 78.5 cm³/mol. The van der Waals surface area contributed by atoms with Gasteiger partial charge in [0.1, 0.15) is 5.60 Å². The molecule has 1 aliphatic carbocycles. The van der Waals surface area contributed by atoms with Crippen LogP contribution in [-0.4, -0.2) is 48.2 Å². The van der Waals surface area contributed by atoms with Gasteiger partial charge < -0.3 is 15.0 Å². The van der Waals surface area contributed by atoms with Crippen molar-refractivity contribution in [2.24, 2.45) is 5.41 Å². The van der Waals surface area contributed by atoms with Crippen molar-refractivity contribution in [2.45, 2.75) is 76.6 Å². The van der Waals surface area contributed by atoms with Crippen LogP contribution in [0.4, 0.5) is 0 Å². The molecule has 4 atom stereocenters. The molecule has 2 saturated heterocycles. The Morgan fingerprint density at radius 2 is 2.05 bits per heavy atom. The highest BCUT2D eigenvalue weighted by atomic mass is 16.5. The number of hydrogen-bond donors (Lipinski definition) is 1. The molecule has 3 fully saturated rings. The molecule has 3 rings (SSSR count). The van der Waals surface area contributed by atoms with Crippen LogP contribution in [0.5, 0.6) is 0 Å². The van der Waals surface area contributed by atoms with E-state index in [1.54, 1.807) is 7.11 Å². The Labute approximate surface area is 122 Å². The van der Waals surface area contributed by atoms with Gasteiger partial charge in [-0.15, -0.1) is 0 Å². The largest absolute Gasteiger partial charge is 0.369 e. The number of fused-ring (bicyclic) bond motifs is 1. The van der Waals surface area contributed by atoms with Crippen molar-refractivity contribution in [3.8, 4) is 0 Å². The molecular weight excluding hydrogens is 252 g/mol. The average molecular weight is 280 g/mol. The third-order valence-corrected chi connectivity index (χ3v) is 6.04. The van der Waals surface area contributed by atoms with Gasteiger partial charge in [0.25, 0.3) is 5.91 Å². The molecule has 1 saturated carbocycles. The quantitative estimate of drug-likeness (QED) is 0.840. The number of rotatable bonds is 2. The van der Waals surface area contributed by atoms with Crippen LogP contribution in [0, 0.1) is 5.41 Å². The predicted octanol–water partition coefficient (Wildman–Crippen LogP) is 1.93. The number of methoxy groups -OCH3 is 1. The number of likely N-dealkylation sites (tertiary alicyclic amines) is 1. The van der Waals surface area contributed by atoms with Crippen LogP contribution < -0.4 is 5.32 Å². The Kier molecular flexibility index (Phi) is 3.37. The first-order chi connectivity index (χ1) is 9.40. The molecule has 0 radical (unpaired) electrons. The lowest BCUT2D eigenvalue weighted by Gasteiger charge is -2.40. The van der Waals surface area contributed by atoms with E-state index < -0.39 is 5.60 Å². The summed E-state index contributed by atoms with van der Waals surface area (Å²) in [6.07, 6.45) is 6.08. The lowest BCUT2D eigenvalue weighted by atomic mass is 9.72. The summed E-state index contributed by atoms with van der Waals surface area (Å²) in [6, 6.07) is 1.31. The van der Waals surface area contributed by atoms with Crippen LogP contribution in [0.3, 0.4) is 0 Å². The fourth-order valence-corrected chi connectivity index (χ4v) is 4.66. The molecule has 2 heterocycles. The van der Waals surface area contributed by atoms with Crippen LogP contribution in [0.2, 0.25) is 0 Å². The molecule has 2 aliphatic heterocycles. The summed E-state index contributed by atoms with van der Waals surface area (Å²) < 4.78 is 5.45. The Morgan fingerprint density at radius 1 is 1.35 bits per heavy atom. The number of carbonyl (C=O) groups excluding carboxylic acids is 1. The van der Waals surface area contributed by atoms with E-state index in [1.807, 2.05) is 13.8 Å². The molecule has 2 bridgehead atoms. The maximum absolute atomic E-state index is 13.0. The maximum atomic E-state index is 13.0. The molecule has 0 spiro atoms. The van der Waals surface area contributed by atoms with E-state index >= 15 is 0 Å². The number of carbonyl (C=O) groups is 1. The maximum Gasteiger partial charge on any atom is 0.254 e. The average Bonchev–Trinajstić information content (AvgIpc) is 2.54. The first kappa shape index (κ1) is 14.3. The van der Waals surface area contributed by atoms with E-state index in [1.165, 1.54) is 19.3 Å². The molecule has 1 amide bonds. The molecule has 0 aromatic carbocycles. The summed E-state index contributed by atoms with van der Waals surface area (Å²) in [6.45, 7) is 7.12. The fourth-order valence-electron chi connectivity index (χ4n) is 4.66. The van der Waals surface area contributed by atoms with E-state index in [4.69, 9.17) is 4.74 Å². The fraction of sp³-hybridized carbons (Fsp3) is 0.938. The van der Waals surface area contributed by atoms with Crippen molar-refractivity contribution in [3.05, 3.63) is 0 Å². The van der Waals surface area contributed by atoms with Gasteiger partial charge in [-0.05, 0) is 33.1 Å². The lowest BCUT2D eigenvalue weighted by molar-refractivity contribution is -0.154. The summed E-state index contributed by atoms with van der Waals surface area (Å²) >= 11 is 0. The van der Waals surface area contributed by atoms with E-state index in [9.17, 15) is 4.79 Å². The monoisotopic (exact) mass is 280 g/mol. The second-order valence-electron chi connectivity index (χ2n) is 7.55. The Morgan fingerprint density at radius 3 is 2.75 bits per heavy atom. The van der Waals surface area contributed by atoms with Crippen molar-refractivity contribution in [1.29, 1.82) is 0 Å². The Balaban J connectivity index is 1.94. The minimum absolute atomic E-state index is 0.170. The van der Waals surface area contributed by atoms with Crippen molar-refractivity contribution in [3.63, 3.8) is 0 Å². The number of amides is 1. The SMILES string of the molecule is COC(C)(C)C(=O)N1[C@@H]2CN[C@@H]3CCCC[C@H]1[C@]3(C)C2. The zero-order valence-corrected chi connectivity index (χ0v) is 13.2. The Bertz CT molecular complexity index is 409. The second-order valence-corrected chi connectivity index (χ2v) is 7.55. The van der Waals surface area contributed by atoms with Crippen LogP contribution >= 0.6 is 0 Å². The normalized spacial score (nSPS) is 40.6. The second kappa shape index (κ2) is 4.70. The first-order valence-electron chi connectivity index (χ1n) is 8.01. The number of hydrogen-bond acceptors (Lipinski definition) is 3. The van der Waals surface area contributed by atoms with Gasteiger partial charge >= 0.3 is 0 Å². The van der Waals surface area contributed by atoms with E-state index in [0.717, 1.165) is 19.4 Å². The minimum Gasteiger partial charge on any atom is -0.369 e. The smallest absolute Gasteiger partial charge is 0.254 e. The van der Waals surface area contributed by atoms with Crippen molar-refractivity contribution < 1.29 is 9.53 Å². The molecule has 1 N–H and O–H groups in total. The zero-order chi connectivity index (χ0) is 14.5. The number of ether oxygens (including phenoxy) is 1. The van der Waals surface area contributed by atoms with Gasteiger partial charge in [-0.3, -0.25) is 4.79 Å². The molecule has 4 nitrogen and oxygen atoms in total. The van der Waals surface area contributed by atoms with Crippen molar-refractivity contribution >= 4 is 5.91 Å². The van der Waals surface area contributed by atoms with Crippen LogP contribution in [0.1, 0.15) is 52.9 Å². The van der Waals surface area contributed by atoms with Gasteiger partial charge in [0, 0.05) is 37.2 Å². The highest BCUT2D eigenvalue weighted by Gasteiger charge is 2.58. The minimum atomic E-state index is -0.713. The van der Waals surface area contributed by atoms with E-state index in [2.05, 4.69) is 17.1 Å². The standard InChI is InChI=1S/C16H28N2O2/c1-15(2,20-4)14(19)18-11-9-16(3)12(17-10-11)7-5-6-8-13(16)18/h11-13,17H,5-10H2,1-4H3/t11-,12+,13-,16+/m0/s1. The van der Waals surface area contributed by atoms with Crippen molar-refractivity contribution in [2.75, 3.05) is 13.7 Å². The summed E-state index contributed by atoms with van der Waals surface area (Å²) in [4.78, 5) is 15.2. The van der Waals surface area contributed by atoms with Gasteiger partial charge in [-0.25, -0.2) is 0 Å². The van der Waals surface area contributed by atoms with Crippen LogP contribution in [0.15, 0.2) is 0 Å². The summed E-state index contributed by atoms with van der Waals surface area (Å²) in [7, 11) is 1.63. The molecule has 114 valence electrons. The van der Waals surface area contributed by atoms with Crippen LogP contribution in [0.25, 0.3) is 0 Å². The van der Waals surface area contributed by atoms with Gasteiger partial charge in [0.05, 0.1) is 0 Å². The topological polar surface area (TPSA) is 41.6 Å². The number of piperidine rings is 1. The van der Waals surface area contributed by atoms with Gasteiger partial charge in [-0.1, -0.05) is 19.8 Å². The summed E-state index contributed by atoms with van der Waals surface area (Å²) in [5.41, 5.74) is -0.464. The highest BCUT2D eigenvalue weighted by molar-refractivity contribution is 5.85. The Hall–Kier alpha value is -0.610. The van der Waals surface area contributed by atoms with Gasteiger partial charge in [0.2, 0.25) is 0 Å². The molecular formula is C16H28N2O2. The van der Waals surface area contributed by atoms with Gasteiger partial charge in [-0.2, -0.15) is 0 Å². The van der Waals surface area contributed by atoms with Gasteiger partial charge in [0.15, 0.2) is 0 Å². The summed E-state index contributed by atoms with van der Waals surface area (Å²) in [5, 5.41) is 3.71. The molecule has 20 heavy (non-hydrogen) atoms. The van der Waals surface area contributed by atoms with Crippen LogP contribution in [-0.2, 0) is 9.53 Å². The van der Waals surface area contributed by atoms with E-state index in [0.29, 0.717) is 18.1 Å². The summed E-state index contributed by atoms with van der Waals surface area (Å²) in [5.74, 6) is 0.170. The third kappa shape index (κ3) is 1.92. The first-order valence-corrected chi connectivity index (χ1v) is 8.01. The molecule has 0 aromatic rings. The number of nitrogens with one attached hydrogen (secondary N) is 1. The molecule has 0 unspecified atom stereocenters. The van der Waals surface area contributed by atoms with Crippen molar-refractivity contribution in [1.82, 2.24) is 10.2 Å². The third-order valence-electron chi connectivity index (χ3n) is 6.04. The highest BCUT2D eigenvalue weighted by Crippen LogP contribution is 2.51. The molecule has 4 heteroatoms.